The molecule has 0 radical (unpaired) electrons. The Morgan fingerprint density at radius 1 is 1.43 bits per heavy atom. The number of hydrogen-bond acceptors (Lipinski definition) is 1. The van der Waals surface area contributed by atoms with Crippen molar-refractivity contribution >= 4 is 5.78 Å². The van der Waals surface area contributed by atoms with Gasteiger partial charge in [0.2, 0.25) is 0 Å². The highest BCUT2D eigenvalue weighted by Crippen LogP contribution is 2.46. The lowest BCUT2D eigenvalue weighted by Gasteiger charge is -2.09. The Kier molecular flexibility index (Phi) is 2.76. The highest BCUT2D eigenvalue weighted by molar-refractivity contribution is 6.01. The maximum Gasteiger partial charge on any atom is 0.162 e. The van der Waals surface area contributed by atoms with Gasteiger partial charge in [0.1, 0.15) is 0 Å². The predicted molar refractivity (Wildman–Crippen MR) is 58.1 cm³/mol. The van der Waals surface area contributed by atoms with Gasteiger partial charge in [-0.2, -0.15) is 0 Å². The van der Waals surface area contributed by atoms with Crippen molar-refractivity contribution in [3.05, 3.63) is 11.1 Å². The van der Waals surface area contributed by atoms with Crippen molar-refractivity contribution in [2.75, 3.05) is 0 Å². The lowest BCUT2D eigenvalue weighted by atomic mass is 9.94. The van der Waals surface area contributed by atoms with Crippen LogP contribution in [-0.2, 0) is 4.79 Å². The molecule has 0 aromatic rings. The molecule has 0 saturated heterocycles. The molecule has 0 amide bonds. The highest BCUT2D eigenvalue weighted by Gasteiger charge is 2.40. The van der Waals surface area contributed by atoms with Crippen molar-refractivity contribution in [3.63, 3.8) is 0 Å². The average Bonchev–Trinajstić information content (AvgIpc) is 2.72. The third-order valence-electron chi connectivity index (χ3n) is 3.89. The standard InChI is InChI=1S/C13H20O/c1-3-4-6-12-11-8-5-7-10(11)9(2)13(12)14/h9-10H,3-8H2,1-2H3. The van der Waals surface area contributed by atoms with Gasteiger partial charge in [-0.1, -0.05) is 25.8 Å². The van der Waals surface area contributed by atoms with Crippen molar-refractivity contribution < 1.29 is 4.79 Å². The monoisotopic (exact) mass is 192 g/mol. The third-order valence-corrected chi connectivity index (χ3v) is 3.89. The summed E-state index contributed by atoms with van der Waals surface area (Å²) in [6, 6.07) is 0. The Labute approximate surface area is 86.6 Å². The summed E-state index contributed by atoms with van der Waals surface area (Å²) in [5.74, 6) is 1.41. The van der Waals surface area contributed by atoms with Crippen molar-refractivity contribution in [3.8, 4) is 0 Å². The first-order valence-electron chi connectivity index (χ1n) is 6.01. The zero-order valence-corrected chi connectivity index (χ0v) is 9.31. The SMILES string of the molecule is CCCCC1=C2CCCC2C(C)C1=O. The molecule has 1 fully saturated rings. The molecule has 2 unspecified atom stereocenters. The lowest BCUT2D eigenvalue weighted by Crippen LogP contribution is -2.12. The van der Waals surface area contributed by atoms with Gasteiger partial charge in [0.25, 0.3) is 0 Å². The number of hydrogen-bond donors (Lipinski definition) is 0. The molecular formula is C13H20O. The smallest absolute Gasteiger partial charge is 0.162 e. The minimum atomic E-state index is 0.305. The van der Waals surface area contributed by atoms with E-state index < -0.39 is 0 Å². The summed E-state index contributed by atoms with van der Waals surface area (Å²) in [7, 11) is 0. The first kappa shape index (κ1) is 9.95. The summed E-state index contributed by atoms with van der Waals surface area (Å²) in [6.45, 7) is 4.32. The molecular weight excluding hydrogens is 172 g/mol. The van der Waals surface area contributed by atoms with Gasteiger partial charge < -0.3 is 0 Å². The van der Waals surface area contributed by atoms with Crippen molar-refractivity contribution in [2.24, 2.45) is 11.8 Å². The molecule has 1 nitrogen and oxygen atoms in total. The first-order chi connectivity index (χ1) is 6.75. The van der Waals surface area contributed by atoms with E-state index in [0.29, 0.717) is 17.6 Å². The third kappa shape index (κ3) is 1.43. The molecule has 78 valence electrons. The van der Waals surface area contributed by atoms with Crippen LogP contribution in [0.3, 0.4) is 0 Å². The van der Waals surface area contributed by atoms with E-state index in [4.69, 9.17) is 0 Å². The van der Waals surface area contributed by atoms with Gasteiger partial charge in [0.15, 0.2) is 5.78 Å². The van der Waals surface area contributed by atoms with Crippen LogP contribution in [0.4, 0.5) is 0 Å². The maximum atomic E-state index is 12.0. The van der Waals surface area contributed by atoms with Crippen LogP contribution in [0.25, 0.3) is 0 Å². The Morgan fingerprint density at radius 3 is 2.93 bits per heavy atom. The number of carbonyl (C=O) groups is 1. The Balaban J connectivity index is 2.18. The van der Waals surface area contributed by atoms with E-state index in [1.54, 1.807) is 0 Å². The number of Topliss-reactive ketones (excluding diaryl/α,β-unsaturated/α-hetero) is 1. The molecule has 2 aliphatic carbocycles. The minimum absolute atomic E-state index is 0.305. The van der Waals surface area contributed by atoms with E-state index in [1.165, 1.54) is 43.3 Å². The molecule has 0 bridgehead atoms. The second-order valence-electron chi connectivity index (χ2n) is 4.76. The molecule has 14 heavy (non-hydrogen) atoms. The van der Waals surface area contributed by atoms with Crippen LogP contribution in [0.15, 0.2) is 11.1 Å². The molecule has 0 spiro atoms. The summed E-state index contributed by atoms with van der Waals surface area (Å²) in [6.07, 6.45) is 7.21. The largest absolute Gasteiger partial charge is 0.294 e. The summed E-state index contributed by atoms with van der Waals surface area (Å²) in [4.78, 5) is 12.0. The fourth-order valence-corrected chi connectivity index (χ4v) is 3.05. The van der Waals surface area contributed by atoms with Gasteiger partial charge in [-0.25, -0.2) is 0 Å². The van der Waals surface area contributed by atoms with Crippen LogP contribution in [0.1, 0.15) is 52.4 Å². The van der Waals surface area contributed by atoms with E-state index in [-0.39, 0.29) is 0 Å². The average molecular weight is 192 g/mol. The van der Waals surface area contributed by atoms with E-state index in [0.717, 1.165) is 6.42 Å². The molecule has 0 heterocycles. The zero-order chi connectivity index (χ0) is 10.1. The maximum absolute atomic E-state index is 12.0. The zero-order valence-electron chi connectivity index (χ0n) is 9.31. The number of unbranched alkanes of at least 4 members (excludes halogenated alkanes) is 1. The Bertz CT molecular complexity index is 275. The van der Waals surface area contributed by atoms with Crippen LogP contribution < -0.4 is 0 Å². The summed E-state index contributed by atoms with van der Waals surface area (Å²) < 4.78 is 0. The summed E-state index contributed by atoms with van der Waals surface area (Å²) >= 11 is 0. The number of carbonyl (C=O) groups excluding carboxylic acids is 1. The van der Waals surface area contributed by atoms with Gasteiger partial charge >= 0.3 is 0 Å². The van der Waals surface area contributed by atoms with E-state index in [2.05, 4.69) is 13.8 Å². The fourth-order valence-electron chi connectivity index (χ4n) is 3.05. The topological polar surface area (TPSA) is 17.1 Å². The van der Waals surface area contributed by atoms with Crippen molar-refractivity contribution in [1.29, 1.82) is 0 Å². The molecule has 0 aromatic carbocycles. The number of allylic oxidation sites excluding steroid dienone is 2. The van der Waals surface area contributed by atoms with Gasteiger partial charge in [-0.15, -0.1) is 0 Å². The molecule has 1 saturated carbocycles. The van der Waals surface area contributed by atoms with Crippen molar-refractivity contribution in [1.82, 2.24) is 0 Å². The number of fused-ring (bicyclic) bond motifs is 1. The molecule has 2 rings (SSSR count). The molecule has 1 heteroatoms. The quantitative estimate of drug-likeness (QED) is 0.669. The van der Waals surface area contributed by atoms with E-state index in [1.807, 2.05) is 0 Å². The highest BCUT2D eigenvalue weighted by atomic mass is 16.1. The van der Waals surface area contributed by atoms with E-state index >= 15 is 0 Å². The lowest BCUT2D eigenvalue weighted by molar-refractivity contribution is -0.118. The second kappa shape index (κ2) is 3.88. The van der Waals surface area contributed by atoms with Crippen molar-refractivity contribution in [2.45, 2.75) is 52.4 Å². The Hall–Kier alpha value is -0.590. The molecule has 2 atom stereocenters. The first-order valence-corrected chi connectivity index (χ1v) is 6.01. The van der Waals surface area contributed by atoms with Gasteiger partial charge in [0, 0.05) is 5.92 Å². The number of rotatable bonds is 3. The molecule has 2 aliphatic rings. The normalized spacial score (nSPS) is 31.4. The van der Waals surface area contributed by atoms with Gasteiger partial charge in [-0.3, -0.25) is 4.79 Å². The predicted octanol–water partition coefficient (Wildman–Crippen LogP) is 3.49. The molecule has 0 aliphatic heterocycles. The van der Waals surface area contributed by atoms with Crippen LogP contribution in [0.2, 0.25) is 0 Å². The van der Waals surface area contributed by atoms with Crippen LogP contribution in [-0.4, -0.2) is 5.78 Å². The summed E-state index contributed by atoms with van der Waals surface area (Å²) in [5.41, 5.74) is 2.76. The Morgan fingerprint density at radius 2 is 2.21 bits per heavy atom. The number of ketones is 1. The van der Waals surface area contributed by atoms with Gasteiger partial charge in [-0.05, 0) is 43.6 Å². The minimum Gasteiger partial charge on any atom is -0.294 e. The van der Waals surface area contributed by atoms with Crippen LogP contribution in [0.5, 0.6) is 0 Å². The van der Waals surface area contributed by atoms with Gasteiger partial charge in [0.05, 0.1) is 0 Å². The molecule has 0 aromatic heterocycles. The van der Waals surface area contributed by atoms with Crippen LogP contribution in [0, 0.1) is 11.8 Å². The fraction of sp³-hybridized carbons (Fsp3) is 0.769. The second-order valence-corrected chi connectivity index (χ2v) is 4.76. The van der Waals surface area contributed by atoms with Crippen LogP contribution >= 0.6 is 0 Å². The molecule has 0 N–H and O–H groups in total. The van der Waals surface area contributed by atoms with E-state index in [9.17, 15) is 4.79 Å². The summed E-state index contributed by atoms with van der Waals surface area (Å²) in [5, 5.41) is 0.